The lowest BCUT2D eigenvalue weighted by Gasteiger charge is -2.37. The highest BCUT2D eigenvalue weighted by molar-refractivity contribution is 5.76. The molecule has 2 heterocycles. The SMILES string of the molecule is CCCN(C(=N)NN1C=CC=CC1)N1C=CC=CC1. The summed E-state index contributed by atoms with van der Waals surface area (Å²) in [5.41, 5.74) is 3.11. The molecule has 0 aromatic carbocycles. The van der Waals surface area contributed by atoms with E-state index >= 15 is 0 Å². The summed E-state index contributed by atoms with van der Waals surface area (Å²) in [6.45, 7) is 4.51. The molecule has 0 radical (unpaired) electrons. The largest absolute Gasteiger partial charge is 0.289 e. The van der Waals surface area contributed by atoms with Crippen molar-refractivity contribution < 1.29 is 0 Å². The van der Waals surface area contributed by atoms with Gasteiger partial charge in [0.05, 0.1) is 13.1 Å². The molecule has 2 rings (SSSR count). The normalized spacial score (nSPS) is 16.9. The summed E-state index contributed by atoms with van der Waals surface area (Å²) in [6.07, 6.45) is 17.0. The highest BCUT2D eigenvalue weighted by atomic mass is 15.7. The van der Waals surface area contributed by atoms with Crippen molar-refractivity contribution in [3.05, 3.63) is 48.9 Å². The van der Waals surface area contributed by atoms with Gasteiger partial charge >= 0.3 is 0 Å². The molecule has 0 bridgehead atoms. The van der Waals surface area contributed by atoms with E-state index in [1.54, 1.807) is 0 Å². The van der Waals surface area contributed by atoms with Gasteiger partial charge in [0.15, 0.2) is 0 Å². The van der Waals surface area contributed by atoms with Gasteiger partial charge < -0.3 is 0 Å². The van der Waals surface area contributed by atoms with Gasteiger partial charge in [0.2, 0.25) is 5.96 Å². The molecule has 0 aliphatic carbocycles. The second-order valence-corrected chi connectivity index (χ2v) is 4.40. The monoisotopic (exact) mass is 259 g/mol. The molecule has 0 spiro atoms. The van der Waals surface area contributed by atoms with Gasteiger partial charge in [0.25, 0.3) is 0 Å². The Kier molecular flexibility index (Phi) is 4.66. The van der Waals surface area contributed by atoms with E-state index in [0.717, 1.165) is 26.1 Å². The van der Waals surface area contributed by atoms with Gasteiger partial charge in [0.1, 0.15) is 0 Å². The van der Waals surface area contributed by atoms with Crippen LogP contribution in [0, 0.1) is 5.41 Å². The molecular formula is C14H21N5. The number of hydrazine groups is 2. The van der Waals surface area contributed by atoms with Crippen LogP contribution in [0.25, 0.3) is 0 Å². The van der Waals surface area contributed by atoms with Crippen molar-refractivity contribution in [3.8, 4) is 0 Å². The van der Waals surface area contributed by atoms with Crippen molar-refractivity contribution in [3.63, 3.8) is 0 Å². The van der Waals surface area contributed by atoms with Gasteiger partial charge in [-0.25, -0.2) is 0 Å². The number of guanidine groups is 1. The van der Waals surface area contributed by atoms with Gasteiger partial charge in [0, 0.05) is 18.9 Å². The third kappa shape index (κ3) is 3.64. The Morgan fingerprint density at radius 3 is 2.47 bits per heavy atom. The number of rotatable bonds is 4. The Labute approximate surface area is 114 Å². The zero-order valence-corrected chi connectivity index (χ0v) is 11.3. The minimum Gasteiger partial charge on any atom is -0.289 e. The fourth-order valence-corrected chi connectivity index (χ4v) is 1.96. The van der Waals surface area contributed by atoms with E-state index in [2.05, 4.69) is 18.4 Å². The van der Waals surface area contributed by atoms with E-state index in [1.807, 2.05) is 57.8 Å². The van der Waals surface area contributed by atoms with Crippen LogP contribution in [-0.4, -0.2) is 40.6 Å². The van der Waals surface area contributed by atoms with E-state index in [-0.39, 0.29) is 0 Å². The summed E-state index contributed by atoms with van der Waals surface area (Å²) in [7, 11) is 0. The molecule has 2 aliphatic heterocycles. The van der Waals surface area contributed by atoms with Crippen LogP contribution in [0.1, 0.15) is 13.3 Å². The Morgan fingerprint density at radius 2 is 1.89 bits per heavy atom. The molecule has 2 aliphatic rings. The van der Waals surface area contributed by atoms with E-state index in [0.29, 0.717) is 5.96 Å². The first-order chi connectivity index (χ1) is 9.31. The average molecular weight is 259 g/mol. The van der Waals surface area contributed by atoms with Crippen LogP contribution >= 0.6 is 0 Å². The van der Waals surface area contributed by atoms with E-state index in [1.165, 1.54) is 0 Å². The van der Waals surface area contributed by atoms with Crippen molar-refractivity contribution >= 4 is 5.96 Å². The molecule has 0 aromatic heterocycles. The summed E-state index contributed by atoms with van der Waals surface area (Å²) >= 11 is 0. The Bertz CT molecular complexity index is 422. The summed E-state index contributed by atoms with van der Waals surface area (Å²) in [6, 6.07) is 0. The molecule has 5 heteroatoms. The first-order valence-corrected chi connectivity index (χ1v) is 6.64. The smallest absolute Gasteiger partial charge is 0.229 e. The highest BCUT2D eigenvalue weighted by Crippen LogP contribution is 2.06. The molecule has 102 valence electrons. The first-order valence-electron chi connectivity index (χ1n) is 6.64. The lowest BCUT2D eigenvalue weighted by Crippen LogP contribution is -2.53. The van der Waals surface area contributed by atoms with Crippen LogP contribution in [-0.2, 0) is 0 Å². The predicted molar refractivity (Wildman–Crippen MR) is 77.8 cm³/mol. The minimum atomic E-state index is 0.391. The van der Waals surface area contributed by atoms with Crippen molar-refractivity contribution in [1.29, 1.82) is 5.41 Å². The first kappa shape index (κ1) is 13.3. The molecule has 5 nitrogen and oxygen atoms in total. The van der Waals surface area contributed by atoms with Crippen molar-refractivity contribution in [2.75, 3.05) is 19.6 Å². The summed E-state index contributed by atoms with van der Waals surface area (Å²) in [5, 5.41) is 14.1. The summed E-state index contributed by atoms with van der Waals surface area (Å²) in [5.74, 6) is 0.391. The fourth-order valence-electron chi connectivity index (χ4n) is 1.96. The van der Waals surface area contributed by atoms with Gasteiger partial charge in [-0.15, -0.1) is 0 Å². The maximum atomic E-state index is 8.24. The van der Waals surface area contributed by atoms with Gasteiger partial charge in [-0.1, -0.05) is 31.2 Å². The van der Waals surface area contributed by atoms with Crippen molar-refractivity contribution in [1.82, 2.24) is 20.5 Å². The van der Waals surface area contributed by atoms with Gasteiger partial charge in [-0.05, 0) is 18.6 Å². The number of nitrogens with zero attached hydrogens (tertiary/aromatic N) is 3. The molecule has 19 heavy (non-hydrogen) atoms. The number of hydrogen-bond donors (Lipinski definition) is 2. The summed E-state index contributed by atoms with van der Waals surface area (Å²) < 4.78 is 0. The maximum absolute atomic E-state index is 8.24. The topological polar surface area (TPSA) is 45.6 Å². The quantitative estimate of drug-likeness (QED) is 0.597. The highest BCUT2D eigenvalue weighted by Gasteiger charge is 2.16. The van der Waals surface area contributed by atoms with Crippen molar-refractivity contribution in [2.45, 2.75) is 13.3 Å². The van der Waals surface area contributed by atoms with Crippen molar-refractivity contribution in [2.24, 2.45) is 0 Å². The van der Waals surface area contributed by atoms with Crippen LogP contribution in [0.2, 0.25) is 0 Å². The Morgan fingerprint density at radius 1 is 1.16 bits per heavy atom. The number of nitrogens with one attached hydrogen (secondary N) is 2. The molecule has 0 unspecified atom stereocenters. The Balaban J connectivity index is 1.95. The second kappa shape index (κ2) is 6.68. The molecule has 0 aromatic rings. The number of allylic oxidation sites excluding steroid dienone is 4. The van der Waals surface area contributed by atoms with Gasteiger partial charge in [-0.2, -0.15) is 0 Å². The predicted octanol–water partition coefficient (Wildman–Crippen LogP) is 1.82. The zero-order chi connectivity index (χ0) is 13.5. The van der Waals surface area contributed by atoms with Crippen LogP contribution in [0.3, 0.4) is 0 Å². The number of hydrogen-bond acceptors (Lipinski definition) is 3. The average Bonchev–Trinajstić information content (AvgIpc) is 2.46. The van der Waals surface area contributed by atoms with E-state index in [4.69, 9.17) is 5.41 Å². The Hall–Kier alpha value is -2.17. The third-order valence-electron chi connectivity index (χ3n) is 2.87. The lowest BCUT2D eigenvalue weighted by molar-refractivity contribution is 0.102. The molecule has 0 atom stereocenters. The standard InChI is InChI=1S/C14H21N5/c1-2-9-19(18-12-7-4-8-13-18)14(15)16-17-10-5-3-6-11-17/h3-8,10,12H,2,9,11,13H2,1H3,(H2,15,16). The van der Waals surface area contributed by atoms with Crippen LogP contribution in [0.4, 0.5) is 0 Å². The van der Waals surface area contributed by atoms with Crippen LogP contribution in [0.5, 0.6) is 0 Å². The minimum absolute atomic E-state index is 0.391. The molecule has 2 N–H and O–H groups in total. The zero-order valence-electron chi connectivity index (χ0n) is 11.3. The summed E-state index contributed by atoms with van der Waals surface area (Å²) in [4.78, 5) is 0. The molecule has 0 amide bonds. The van der Waals surface area contributed by atoms with Crippen LogP contribution < -0.4 is 5.43 Å². The molecular weight excluding hydrogens is 238 g/mol. The fraction of sp³-hybridized carbons (Fsp3) is 0.357. The third-order valence-corrected chi connectivity index (χ3v) is 2.87. The molecule has 0 saturated heterocycles. The van der Waals surface area contributed by atoms with Crippen LogP contribution in [0.15, 0.2) is 48.9 Å². The molecule has 0 saturated carbocycles. The van der Waals surface area contributed by atoms with E-state index in [9.17, 15) is 0 Å². The van der Waals surface area contributed by atoms with Gasteiger partial charge in [-0.3, -0.25) is 25.9 Å². The maximum Gasteiger partial charge on any atom is 0.229 e. The van der Waals surface area contributed by atoms with E-state index < -0.39 is 0 Å². The lowest BCUT2D eigenvalue weighted by atomic mass is 10.4. The second-order valence-electron chi connectivity index (χ2n) is 4.40. The molecule has 0 fully saturated rings.